The summed E-state index contributed by atoms with van der Waals surface area (Å²) in [5, 5.41) is 16.4. The number of amides is 1. The Morgan fingerprint density at radius 3 is 2.02 bits per heavy atom. The number of nitrogens with one attached hydrogen (secondary N) is 2. The molecule has 49 heavy (non-hydrogen) atoms. The predicted molar refractivity (Wildman–Crippen MR) is 193 cm³/mol. The Hall–Kier alpha value is -6.05. The quantitative estimate of drug-likeness (QED) is 0.113. The van der Waals surface area contributed by atoms with E-state index < -0.39 is 17.9 Å². The molecule has 0 spiro atoms. The smallest absolute Gasteiger partial charge is 0.326 e. The van der Waals surface area contributed by atoms with Crippen LogP contribution >= 0.6 is 11.6 Å². The van der Waals surface area contributed by atoms with Gasteiger partial charge in [-0.15, -0.1) is 0 Å². The first kappa shape index (κ1) is 32.9. The molecular formula is C41H33ClN2O5. The van der Waals surface area contributed by atoms with Crippen LogP contribution < -0.4 is 20.1 Å². The Morgan fingerprint density at radius 2 is 1.31 bits per heavy atom. The molecule has 0 aliphatic rings. The molecule has 0 heterocycles. The summed E-state index contributed by atoms with van der Waals surface area (Å²) >= 11 is 6.28. The molecular weight excluding hydrogens is 636 g/mol. The van der Waals surface area contributed by atoms with Gasteiger partial charge in [0.2, 0.25) is 0 Å². The minimum atomic E-state index is -1.18. The van der Waals surface area contributed by atoms with Gasteiger partial charge in [0.05, 0.1) is 5.56 Å². The molecule has 0 aromatic heterocycles. The number of carbonyl (C=O) groups excluding carboxylic acids is 1. The van der Waals surface area contributed by atoms with Crippen molar-refractivity contribution in [3.8, 4) is 34.1 Å². The van der Waals surface area contributed by atoms with E-state index in [-0.39, 0.29) is 12.0 Å². The van der Waals surface area contributed by atoms with Crippen molar-refractivity contribution in [2.75, 3.05) is 5.32 Å². The van der Waals surface area contributed by atoms with Gasteiger partial charge in [0.15, 0.2) is 0 Å². The first-order valence-corrected chi connectivity index (χ1v) is 16.1. The minimum Gasteiger partial charge on any atom is -0.480 e. The van der Waals surface area contributed by atoms with E-state index in [0.717, 1.165) is 33.8 Å². The fraction of sp³-hybridized carbons (Fsp3) is 0.0732. The largest absolute Gasteiger partial charge is 0.480 e. The number of carboxylic acid groups (broad SMARTS) is 1. The van der Waals surface area contributed by atoms with E-state index in [0.29, 0.717) is 28.8 Å². The lowest BCUT2D eigenvalue weighted by Gasteiger charge is -2.18. The molecule has 8 heteroatoms. The summed E-state index contributed by atoms with van der Waals surface area (Å²) in [4.78, 5) is 25.8. The molecule has 0 aliphatic carbocycles. The predicted octanol–water partition coefficient (Wildman–Crippen LogP) is 9.63. The summed E-state index contributed by atoms with van der Waals surface area (Å²) in [6, 6.07) is 45.7. The number of ether oxygens (including phenoxy) is 2. The maximum absolute atomic E-state index is 13.5. The van der Waals surface area contributed by atoms with Crippen LogP contribution in [0, 0.1) is 0 Å². The first-order valence-electron chi connectivity index (χ1n) is 15.7. The number of anilines is 1. The number of benzene rings is 6. The molecule has 0 radical (unpaired) electrons. The van der Waals surface area contributed by atoms with Gasteiger partial charge < -0.3 is 25.2 Å². The molecule has 3 N–H and O–H groups in total. The zero-order valence-corrected chi connectivity index (χ0v) is 27.1. The van der Waals surface area contributed by atoms with Crippen LogP contribution in [-0.4, -0.2) is 23.0 Å². The normalized spacial score (nSPS) is 11.3. The van der Waals surface area contributed by atoms with Crippen LogP contribution in [0.5, 0.6) is 23.0 Å². The van der Waals surface area contributed by atoms with E-state index in [4.69, 9.17) is 21.1 Å². The van der Waals surface area contributed by atoms with Crippen LogP contribution in [0.25, 0.3) is 11.1 Å². The third kappa shape index (κ3) is 8.86. The fourth-order valence-electron chi connectivity index (χ4n) is 5.30. The van der Waals surface area contributed by atoms with Gasteiger partial charge >= 0.3 is 5.97 Å². The Kier molecular flexibility index (Phi) is 10.5. The molecule has 6 aromatic rings. The summed E-state index contributed by atoms with van der Waals surface area (Å²) in [6.45, 7) is 0.391. The number of rotatable bonds is 13. The fourth-order valence-corrected chi connectivity index (χ4v) is 5.47. The van der Waals surface area contributed by atoms with Gasteiger partial charge in [-0.3, -0.25) is 4.79 Å². The lowest BCUT2D eigenvalue weighted by atomic mass is 9.99. The highest BCUT2D eigenvalue weighted by Crippen LogP contribution is 2.33. The van der Waals surface area contributed by atoms with Crippen molar-refractivity contribution in [3.63, 3.8) is 0 Å². The molecule has 0 unspecified atom stereocenters. The number of halogens is 1. The van der Waals surface area contributed by atoms with Crippen LogP contribution in [0.1, 0.15) is 21.5 Å². The van der Waals surface area contributed by atoms with Crippen LogP contribution in [0.2, 0.25) is 5.02 Å². The maximum atomic E-state index is 13.5. The van der Waals surface area contributed by atoms with Crippen LogP contribution in [0.4, 0.5) is 5.69 Å². The number of carbonyl (C=O) groups is 2. The standard InChI is InChI=1S/C41H33ClN2O5/c42-31-22-23-37(43-27-29-10-9-15-34(24-29)48-32-11-3-1-4-12-32)36(26-31)40(45)44-38(41(46)47)25-28-18-20-30(21-19-28)35-16-7-8-17-39(35)49-33-13-5-2-6-14-33/h1-24,26,38,43H,25,27H2,(H,44,45)(H,46,47)/t38-/m0/s1. The van der Waals surface area contributed by atoms with Crippen LogP contribution in [0.15, 0.2) is 152 Å². The molecule has 1 atom stereocenters. The van der Waals surface area contributed by atoms with Crippen molar-refractivity contribution < 1.29 is 24.2 Å². The Bertz CT molecular complexity index is 2040. The lowest BCUT2D eigenvalue weighted by molar-refractivity contribution is -0.139. The van der Waals surface area contributed by atoms with E-state index in [1.807, 2.05) is 133 Å². The zero-order chi connectivity index (χ0) is 34.0. The highest BCUT2D eigenvalue weighted by Gasteiger charge is 2.23. The van der Waals surface area contributed by atoms with Crippen molar-refractivity contribution in [1.82, 2.24) is 5.32 Å². The molecule has 1 amide bonds. The molecule has 7 nitrogen and oxygen atoms in total. The number of para-hydroxylation sites is 3. The van der Waals surface area contributed by atoms with Crippen molar-refractivity contribution in [2.45, 2.75) is 19.0 Å². The Balaban J connectivity index is 1.12. The van der Waals surface area contributed by atoms with Gasteiger partial charge in [0.1, 0.15) is 29.0 Å². The number of aliphatic carboxylic acids is 1. The third-order valence-electron chi connectivity index (χ3n) is 7.75. The Morgan fingerprint density at radius 1 is 0.653 bits per heavy atom. The second-order valence-electron chi connectivity index (χ2n) is 11.3. The number of hydrogen-bond acceptors (Lipinski definition) is 5. The van der Waals surface area contributed by atoms with Crippen molar-refractivity contribution >= 4 is 29.2 Å². The van der Waals surface area contributed by atoms with Gasteiger partial charge in [-0.2, -0.15) is 0 Å². The van der Waals surface area contributed by atoms with Gasteiger partial charge in [0.25, 0.3) is 5.91 Å². The lowest BCUT2D eigenvalue weighted by Crippen LogP contribution is -2.42. The van der Waals surface area contributed by atoms with E-state index in [9.17, 15) is 14.7 Å². The topological polar surface area (TPSA) is 96.9 Å². The molecule has 244 valence electrons. The molecule has 0 saturated carbocycles. The zero-order valence-electron chi connectivity index (χ0n) is 26.4. The van der Waals surface area contributed by atoms with Gasteiger partial charge in [0, 0.05) is 29.2 Å². The summed E-state index contributed by atoms with van der Waals surface area (Å²) in [5.41, 5.74) is 4.24. The first-order chi connectivity index (χ1) is 23.9. The van der Waals surface area contributed by atoms with E-state index in [1.54, 1.807) is 12.1 Å². The monoisotopic (exact) mass is 668 g/mol. The molecule has 0 bridgehead atoms. The average molecular weight is 669 g/mol. The summed E-state index contributed by atoms with van der Waals surface area (Å²) in [7, 11) is 0. The molecule has 6 aromatic carbocycles. The number of carboxylic acids is 1. The maximum Gasteiger partial charge on any atom is 0.326 e. The van der Waals surface area contributed by atoms with Gasteiger partial charge in [-0.05, 0) is 77.4 Å². The Labute approximate surface area is 289 Å². The van der Waals surface area contributed by atoms with Crippen molar-refractivity contribution in [3.05, 3.63) is 173 Å². The third-order valence-corrected chi connectivity index (χ3v) is 7.99. The minimum absolute atomic E-state index is 0.0844. The van der Waals surface area contributed by atoms with Crippen molar-refractivity contribution in [1.29, 1.82) is 0 Å². The molecule has 6 rings (SSSR count). The number of hydrogen-bond donors (Lipinski definition) is 3. The van der Waals surface area contributed by atoms with E-state index >= 15 is 0 Å². The van der Waals surface area contributed by atoms with Crippen molar-refractivity contribution in [2.24, 2.45) is 0 Å². The summed E-state index contributed by atoms with van der Waals surface area (Å²) in [5.74, 6) is 1.14. The van der Waals surface area contributed by atoms with Gasteiger partial charge in [-0.25, -0.2) is 4.79 Å². The highest BCUT2D eigenvalue weighted by atomic mass is 35.5. The highest BCUT2D eigenvalue weighted by molar-refractivity contribution is 6.31. The molecule has 0 aliphatic heterocycles. The second kappa shape index (κ2) is 15.7. The molecule has 0 saturated heterocycles. The SMILES string of the molecule is O=C(N[C@@H](Cc1ccc(-c2ccccc2Oc2ccccc2)cc1)C(=O)O)c1cc(Cl)ccc1NCc1cccc(Oc2ccccc2)c1. The average Bonchev–Trinajstić information content (AvgIpc) is 3.12. The second-order valence-corrected chi connectivity index (χ2v) is 11.7. The van der Waals surface area contributed by atoms with Crippen LogP contribution in [0.3, 0.4) is 0 Å². The van der Waals surface area contributed by atoms with E-state index in [2.05, 4.69) is 10.6 Å². The van der Waals surface area contributed by atoms with Gasteiger partial charge in [-0.1, -0.05) is 103 Å². The summed E-state index contributed by atoms with van der Waals surface area (Å²) in [6.07, 6.45) is 0.0844. The van der Waals surface area contributed by atoms with E-state index in [1.165, 1.54) is 6.07 Å². The summed E-state index contributed by atoms with van der Waals surface area (Å²) < 4.78 is 12.1. The molecule has 0 fully saturated rings. The van der Waals surface area contributed by atoms with Crippen LogP contribution in [-0.2, 0) is 17.8 Å².